The van der Waals surface area contributed by atoms with Crippen LogP contribution in [-0.2, 0) is 16.0 Å². The van der Waals surface area contributed by atoms with Crippen LogP contribution < -0.4 is 9.47 Å². The number of carboxylic acids is 1. The number of benzene rings is 1. The summed E-state index contributed by atoms with van der Waals surface area (Å²) in [7, 11) is 1.50. The number of ether oxygens (including phenoxy) is 3. The van der Waals surface area contributed by atoms with Crippen molar-refractivity contribution in [3.05, 3.63) is 23.3 Å². The van der Waals surface area contributed by atoms with E-state index in [1.54, 1.807) is 12.1 Å². The highest BCUT2D eigenvalue weighted by Gasteiger charge is 2.29. The van der Waals surface area contributed by atoms with Gasteiger partial charge in [-0.25, -0.2) is 4.79 Å². The molecule has 0 spiro atoms. The molecule has 1 aromatic rings. The van der Waals surface area contributed by atoms with Crippen molar-refractivity contribution in [3.63, 3.8) is 0 Å². The molecule has 6 heteroatoms. The SMILES string of the molecule is COc1cc2c(cc1C(OCCCO)C(=O)O)OC(C)C2. The van der Waals surface area contributed by atoms with Gasteiger partial charge in [-0.15, -0.1) is 0 Å². The number of aliphatic hydroxyl groups excluding tert-OH is 1. The molecule has 0 saturated heterocycles. The van der Waals surface area contributed by atoms with Crippen LogP contribution in [0.5, 0.6) is 11.5 Å². The summed E-state index contributed by atoms with van der Waals surface area (Å²) in [4.78, 5) is 11.4. The van der Waals surface area contributed by atoms with Crippen LogP contribution in [0.2, 0.25) is 0 Å². The van der Waals surface area contributed by atoms with Gasteiger partial charge in [0.2, 0.25) is 0 Å². The fourth-order valence-corrected chi connectivity index (χ4v) is 2.40. The maximum Gasteiger partial charge on any atom is 0.337 e. The molecule has 0 radical (unpaired) electrons. The Bertz CT molecular complexity index is 513. The molecule has 0 bridgehead atoms. The van der Waals surface area contributed by atoms with Gasteiger partial charge in [-0.3, -0.25) is 0 Å². The summed E-state index contributed by atoms with van der Waals surface area (Å²) >= 11 is 0. The van der Waals surface area contributed by atoms with Crippen molar-refractivity contribution in [1.29, 1.82) is 0 Å². The molecule has 1 heterocycles. The van der Waals surface area contributed by atoms with Crippen molar-refractivity contribution in [2.24, 2.45) is 0 Å². The van der Waals surface area contributed by atoms with E-state index in [0.29, 0.717) is 23.5 Å². The monoisotopic (exact) mass is 296 g/mol. The Hall–Kier alpha value is -1.79. The van der Waals surface area contributed by atoms with Gasteiger partial charge in [-0.1, -0.05) is 0 Å². The molecule has 116 valence electrons. The zero-order chi connectivity index (χ0) is 15.4. The third kappa shape index (κ3) is 3.46. The van der Waals surface area contributed by atoms with E-state index in [2.05, 4.69) is 0 Å². The Morgan fingerprint density at radius 2 is 2.29 bits per heavy atom. The fourth-order valence-electron chi connectivity index (χ4n) is 2.40. The highest BCUT2D eigenvalue weighted by Crippen LogP contribution is 2.38. The number of rotatable bonds is 7. The van der Waals surface area contributed by atoms with E-state index < -0.39 is 12.1 Å². The van der Waals surface area contributed by atoms with Gasteiger partial charge in [0.1, 0.15) is 17.6 Å². The molecule has 0 amide bonds. The summed E-state index contributed by atoms with van der Waals surface area (Å²) in [6, 6.07) is 3.48. The number of hydrogen-bond donors (Lipinski definition) is 2. The molecule has 0 saturated carbocycles. The Morgan fingerprint density at radius 1 is 1.52 bits per heavy atom. The number of carboxylic acid groups (broad SMARTS) is 1. The molecule has 2 unspecified atom stereocenters. The fraction of sp³-hybridized carbons (Fsp3) is 0.533. The van der Waals surface area contributed by atoms with E-state index in [1.165, 1.54) is 7.11 Å². The second-order valence-corrected chi connectivity index (χ2v) is 5.00. The van der Waals surface area contributed by atoms with Gasteiger partial charge in [-0.05, 0) is 25.5 Å². The average Bonchev–Trinajstić information content (AvgIpc) is 2.81. The minimum absolute atomic E-state index is 0.0473. The van der Waals surface area contributed by atoms with Gasteiger partial charge in [0, 0.05) is 24.2 Å². The molecule has 1 aliphatic rings. The van der Waals surface area contributed by atoms with Crippen molar-refractivity contribution in [1.82, 2.24) is 0 Å². The Balaban J connectivity index is 2.31. The largest absolute Gasteiger partial charge is 0.496 e. The van der Waals surface area contributed by atoms with Gasteiger partial charge >= 0.3 is 5.97 Å². The molecule has 2 atom stereocenters. The average molecular weight is 296 g/mol. The van der Waals surface area contributed by atoms with Gasteiger partial charge in [0.25, 0.3) is 0 Å². The lowest BCUT2D eigenvalue weighted by molar-refractivity contribution is -0.151. The van der Waals surface area contributed by atoms with Crippen LogP contribution in [-0.4, -0.2) is 42.6 Å². The lowest BCUT2D eigenvalue weighted by Crippen LogP contribution is -2.17. The van der Waals surface area contributed by atoms with Crippen molar-refractivity contribution in [2.45, 2.75) is 32.0 Å². The molecule has 0 fully saturated rings. The van der Waals surface area contributed by atoms with E-state index in [4.69, 9.17) is 19.3 Å². The molecular weight excluding hydrogens is 276 g/mol. The van der Waals surface area contributed by atoms with Crippen LogP contribution >= 0.6 is 0 Å². The van der Waals surface area contributed by atoms with Gasteiger partial charge < -0.3 is 24.4 Å². The smallest absolute Gasteiger partial charge is 0.337 e. The number of aliphatic hydroxyl groups is 1. The Morgan fingerprint density at radius 3 is 2.90 bits per heavy atom. The standard InChI is InChI=1S/C15H20O6/c1-9-6-10-7-13(19-2)11(8-12(10)21-9)14(15(17)18)20-5-3-4-16/h7-9,14,16H,3-6H2,1-2H3,(H,17,18). The third-order valence-electron chi connectivity index (χ3n) is 3.34. The number of hydrogen-bond acceptors (Lipinski definition) is 5. The van der Waals surface area contributed by atoms with Crippen LogP contribution in [0.4, 0.5) is 0 Å². The summed E-state index contributed by atoms with van der Waals surface area (Å²) in [6.45, 7) is 2.07. The number of methoxy groups -OCH3 is 1. The lowest BCUT2D eigenvalue weighted by Gasteiger charge is -2.18. The normalized spacial score (nSPS) is 18.0. The molecule has 1 aliphatic heterocycles. The minimum atomic E-state index is -1.14. The first-order valence-corrected chi connectivity index (χ1v) is 6.89. The summed E-state index contributed by atoms with van der Waals surface area (Å²) in [5, 5.41) is 18.1. The van der Waals surface area contributed by atoms with Crippen molar-refractivity contribution >= 4 is 5.97 Å². The number of carbonyl (C=O) groups is 1. The second kappa shape index (κ2) is 6.78. The summed E-state index contributed by atoms with van der Waals surface area (Å²) in [5.41, 5.74) is 1.43. The van der Waals surface area contributed by atoms with Crippen molar-refractivity contribution in [2.75, 3.05) is 20.3 Å². The maximum atomic E-state index is 11.4. The topological polar surface area (TPSA) is 85.2 Å². The summed E-state index contributed by atoms with van der Waals surface area (Å²) < 4.78 is 16.3. The maximum absolute atomic E-state index is 11.4. The van der Waals surface area contributed by atoms with E-state index in [1.807, 2.05) is 6.92 Å². The van der Waals surface area contributed by atoms with Crippen LogP contribution in [0.15, 0.2) is 12.1 Å². The van der Waals surface area contributed by atoms with Gasteiger partial charge in [0.05, 0.1) is 13.7 Å². The van der Waals surface area contributed by atoms with Crippen LogP contribution in [0, 0.1) is 0 Å². The van der Waals surface area contributed by atoms with E-state index in [0.717, 1.165) is 12.0 Å². The molecule has 2 rings (SSSR count). The van der Waals surface area contributed by atoms with Crippen molar-refractivity contribution < 1.29 is 29.2 Å². The van der Waals surface area contributed by atoms with Crippen molar-refractivity contribution in [3.8, 4) is 11.5 Å². The molecule has 0 aromatic heterocycles. The molecule has 1 aromatic carbocycles. The predicted octanol–water partition coefficient (Wildman–Crippen LogP) is 1.54. The van der Waals surface area contributed by atoms with E-state index in [9.17, 15) is 9.90 Å². The zero-order valence-corrected chi connectivity index (χ0v) is 12.2. The number of aliphatic carboxylic acids is 1. The molecule has 2 N–H and O–H groups in total. The first-order chi connectivity index (χ1) is 10.1. The van der Waals surface area contributed by atoms with Gasteiger partial charge in [0.15, 0.2) is 6.10 Å². The minimum Gasteiger partial charge on any atom is -0.496 e. The molecule has 21 heavy (non-hydrogen) atoms. The quantitative estimate of drug-likeness (QED) is 0.742. The van der Waals surface area contributed by atoms with Crippen LogP contribution in [0.3, 0.4) is 0 Å². The predicted molar refractivity (Wildman–Crippen MR) is 74.8 cm³/mol. The highest BCUT2D eigenvalue weighted by molar-refractivity contribution is 5.76. The van der Waals surface area contributed by atoms with E-state index >= 15 is 0 Å². The molecular formula is C15H20O6. The van der Waals surface area contributed by atoms with Crippen LogP contribution in [0.25, 0.3) is 0 Å². The first kappa shape index (κ1) is 15.6. The second-order valence-electron chi connectivity index (χ2n) is 5.00. The third-order valence-corrected chi connectivity index (χ3v) is 3.34. The Kier molecular flexibility index (Phi) is 5.03. The molecule has 6 nitrogen and oxygen atoms in total. The molecule has 0 aliphatic carbocycles. The first-order valence-electron chi connectivity index (χ1n) is 6.89. The van der Waals surface area contributed by atoms with Crippen LogP contribution in [0.1, 0.15) is 30.6 Å². The van der Waals surface area contributed by atoms with E-state index in [-0.39, 0.29) is 19.3 Å². The Labute approximate surface area is 123 Å². The summed E-state index contributed by atoms with van der Waals surface area (Å²) in [6.07, 6.45) is 0.0782. The van der Waals surface area contributed by atoms with Gasteiger partial charge in [-0.2, -0.15) is 0 Å². The highest BCUT2D eigenvalue weighted by atomic mass is 16.5. The summed E-state index contributed by atoms with van der Waals surface area (Å²) in [5.74, 6) is 0.0513. The zero-order valence-electron chi connectivity index (χ0n) is 12.2. The number of fused-ring (bicyclic) bond motifs is 1. The lowest BCUT2D eigenvalue weighted by atomic mass is 10.0.